The molecule has 2 bridgehead atoms. The maximum Gasteiger partial charge on any atom is 0.265 e. The Hall–Kier alpha value is -1.23. The first-order valence-electron chi connectivity index (χ1n) is 5.99. The van der Waals surface area contributed by atoms with E-state index in [0.29, 0.717) is 23.9 Å². The Morgan fingerprint density at radius 1 is 1.35 bits per heavy atom. The third kappa shape index (κ3) is 2.11. The van der Waals surface area contributed by atoms with Crippen molar-refractivity contribution in [2.75, 3.05) is 5.32 Å². The number of halogens is 2. The van der Waals surface area contributed by atoms with Crippen LogP contribution >= 0.6 is 0 Å². The molecule has 2 aliphatic rings. The summed E-state index contributed by atoms with van der Waals surface area (Å²) < 4.78 is 24.7. The molecular formula is C12H15F2N3. The van der Waals surface area contributed by atoms with E-state index in [-0.39, 0.29) is 5.56 Å². The van der Waals surface area contributed by atoms with Crippen molar-refractivity contribution >= 4 is 5.82 Å². The van der Waals surface area contributed by atoms with Crippen LogP contribution in [-0.2, 0) is 0 Å². The van der Waals surface area contributed by atoms with Gasteiger partial charge in [-0.05, 0) is 31.4 Å². The number of hydrogen-bond acceptors (Lipinski definition) is 3. The van der Waals surface area contributed by atoms with E-state index in [1.807, 2.05) is 0 Å². The Bertz CT molecular complexity index is 393. The van der Waals surface area contributed by atoms with Gasteiger partial charge in [-0.25, -0.2) is 13.8 Å². The first-order valence-corrected chi connectivity index (χ1v) is 5.99. The molecule has 0 saturated carbocycles. The van der Waals surface area contributed by atoms with Gasteiger partial charge >= 0.3 is 0 Å². The molecule has 3 nitrogen and oxygen atoms in total. The van der Waals surface area contributed by atoms with Crippen LogP contribution in [0.3, 0.4) is 0 Å². The van der Waals surface area contributed by atoms with Gasteiger partial charge in [0.25, 0.3) is 6.43 Å². The van der Waals surface area contributed by atoms with E-state index in [4.69, 9.17) is 0 Å². The molecule has 2 fully saturated rings. The molecular weight excluding hydrogens is 224 g/mol. The molecule has 2 saturated heterocycles. The fourth-order valence-electron chi connectivity index (χ4n) is 2.79. The van der Waals surface area contributed by atoms with Crippen LogP contribution in [0, 0.1) is 0 Å². The van der Waals surface area contributed by atoms with E-state index in [1.165, 1.54) is 25.1 Å². The lowest BCUT2D eigenvalue weighted by Crippen LogP contribution is -2.33. The average molecular weight is 239 g/mol. The summed E-state index contributed by atoms with van der Waals surface area (Å²) in [6, 6.07) is 4.58. The number of aromatic nitrogens is 1. The van der Waals surface area contributed by atoms with Gasteiger partial charge in [0, 0.05) is 29.9 Å². The van der Waals surface area contributed by atoms with Crippen molar-refractivity contribution in [3.63, 3.8) is 0 Å². The lowest BCUT2D eigenvalue weighted by atomic mass is 9.95. The van der Waals surface area contributed by atoms with Crippen LogP contribution in [0.15, 0.2) is 18.3 Å². The van der Waals surface area contributed by atoms with Crippen LogP contribution in [0.2, 0.25) is 0 Å². The zero-order valence-electron chi connectivity index (χ0n) is 9.37. The van der Waals surface area contributed by atoms with Gasteiger partial charge in [0.2, 0.25) is 0 Å². The van der Waals surface area contributed by atoms with Crippen LogP contribution in [0.25, 0.3) is 0 Å². The van der Waals surface area contributed by atoms with Crippen molar-refractivity contribution in [1.29, 1.82) is 0 Å². The van der Waals surface area contributed by atoms with Gasteiger partial charge in [-0.2, -0.15) is 0 Å². The highest BCUT2D eigenvalue weighted by molar-refractivity contribution is 5.38. The molecule has 3 heterocycles. The molecule has 17 heavy (non-hydrogen) atoms. The summed E-state index contributed by atoms with van der Waals surface area (Å²) in [6.07, 6.45) is 2.34. The molecule has 0 spiro atoms. The molecule has 1 aromatic rings. The monoisotopic (exact) mass is 239 g/mol. The molecule has 2 aliphatic heterocycles. The Balaban J connectivity index is 1.65. The van der Waals surface area contributed by atoms with Crippen LogP contribution in [0.4, 0.5) is 14.6 Å². The summed E-state index contributed by atoms with van der Waals surface area (Å²) in [5.74, 6) is 0.689. The van der Waals surface area contributed by atoms with Gasteiger partial charge in [-0.15, -0.1) is 0 Å². The highest BCUT2D eigenvalue weighted by atomic mass is 19.3. The van der Waals surface area contributed by atoms with Crippen molar-refractivity contribution < 1.29 is 8.78 Å². The Morgan fingerprint density at radius 2 is 2.24 bits per heavy atom. The van der Waals surface area contributed by atoms with Gasteiger partial charge in [0.05, 0.1) is 0 Å². The van der Waals surface area contributed by atoms with Crippen LogP contribution in [-0.4, -0.2) is 23.1 Å². The third-order valence-corrected chi connectivity index (χ3v) is 3.67. The normalized spacial score (nSPS) is 31.1. The van der Waals surface area contributed by atoms with Crippen molar-refractivity contribution in [2.24, 2.45) is 0 Å². The number of hydrogen-bond donors (Lipinski definition) is 2. The molecule has 2 N–H and O–H groups in total. The molecule has 3 atom stereocenters. The molecule has 0 radical (unpaired) electrons. The second kappa shape index (κ2) is 4.22. The standard InChI is InChI=1S/C12H15F2N3/c13-12(14)7-1-4-11(15-6-7)17-10-5-8-2-3-9(10)16-8/h1,4,6,8-10,12,16H,2-3,5H2,(H,15,17)/t8-,9+,10-/m1/s1. The Kier molecular flexibility index (Phi) is 2.70. The molecule has 0 unspecified atom stereocenters. The number of alkyl halides is 2. The summed E-state index contributed by atoms with van der Waals surface area (Å²) in [5.41, 5.74) is -0.0263. The van der Waals surface area contributed by atoms with E-state index in [2.05, 4.69) is 15.6 Å². The van der Waals surface area contributed by atoms with Gasteiger partial charge < -0.3 is 10.6 Å². The minimum atomic E-state index is -2.44. The molecule has 0 amide bonds. The quantitative estimate of drug-likeness (QED) is 0.850. The summed E-state index contributed by atoms with van der Waals surface area (Å²) >= 11 is 0. The highest BCUT2D eigenvalue weighted by Gasteiger charge is 2.38. The van der Waals surface area contributed by atoms with E-state index in [9.17, 15) is 8.78 Å². The SMILES string of the molecule is FC(F)c1ccc(N[C@@H]2C[C@H]3CC[C@@H]2N3)nc1. The Labute approximate surface area is 98.6 Å². The predicted octanol–water partition coefficient (Wildman–Crippen LogP) is 2.32. The predicted molar refractivity (Wildman–Crippen MR) is 61.2 cm³/mol. The number of pyridine rings is 1. The van der Waals surface area contributed by atoms with E-state index in [0.717, 1.165) is 6.42 Å². The van der Waals surface area contributed by atoms with Crippen LogP contribution < -0.4 is 10.6 Å². The molecule has 0 aliphatic carbocycles. The van der Waals surface area contributed by atoms with E-state index < -0.39 is 6.43 Å². The number of nitrogens with zero attached hydrogens (tertiary/aromatic N) is 1. The van der Waals surface area contributed by atoms with Crippen LogP contribution in [0.5, 0.6) is 0 Å². The molecule has 5 heteroatoms. The smallest absolute Gasteiger partial charge is 0.265 e. The minimum absolute atomic E-state index is 0.0263. The summed E-state index contributed by atoms with van der Waals surface area (Å²) in [5, 5.41) is 6.84. The number of fused-ring (bicyclic) bond motifs is 2. The van der Waals surface area contributed by atoms with E-state index >= 15 is 0 Å². The molecule has 1 aromatic heterocycles. The zero-order chi connectivity index (χ0) is 11.8. The fraction of sp³-hybridized carbons (Fsp3) is 0.583. The number of rotatable bonds is 3. The summed E-state index contributed by atoms with van der Waals surface area (Å²) in [6.45, 7) is 0. The first kappa shape index (κ1) is 10.9. The number of nitrogens with one attached hydrogen (secondary N) is 2. The minimum Gasteiger partial charge on any atom is -0.366 e. The fourth-order valence-corrected chi connectivity index (χ4v) is 2.79. The largest absolute Gasteiger partial charge is 0.366 e. The average Bonchev–Trinajstić information content (AvgIpc) is 2.91. The maximum atomic E-state index is 12.4. The second-order valence-electron chi connectivity index (χ2n) is 4.81. The first-order chi connectivity index (χ1) is 8.22. The van der Waals surface area contributed by atoms with Gasteiger partial charge in [0.15, 0.2) is 0 Å². The van der Waals surface area contributed by atoms with Gasteiger partial charge in [0.1, 0.15) is 5.82 Å². The van der Waals surface area contributed by atoms with E-state index in [1.54, 1.807) is 6.07 Å². The zero-order valence-corrected chi connectivity index (χ0v) is 9.37. The molecule has 3 rings (SSSR count). The number of anilines is 1. The summed E-state index contributed by atoms with van der Waals surface area (Å²) in [4.78, 5) is 4.03. The Morgan fingerprint density at radius 3 is 2.76 bits per heavy atom. The van der Waals surface area contributed by atoms with Crippen molar-refractivity contribution in [3.8, 4) is 0 Å². The van der Waals surface area contributed by atoms with Crippen molar-refractivity contribution in [1.82, 2.24) is 10.3 Å². The van der Waals surface area contributed by atoms with Crippen molar-refractivity contribution in [3.05, 3.63) is 23.9 Å². The van der Waals surface area contributed by atoms with Gasteiger partial charge in [-0.3, -0.25) is 0 Å². The molecule has 92 valence electrons. The summed E-state index contributed by atoms with van der Waals surface area (Å²) in [7, 11) is 0. The highest BCUT2D eigenvalue weighted by Crippen LogP contribution is 2.30. The second-order valence-corrected chi connectivity index (χ2v) is 4.81. The maximum absolute atomic E-state index is 12.4. The lowest BCUT2D eigenvalue weighted by Gasteiger charge is -2.22. The molecule has 0 aromatic carbocycles. The van der Waals surface area contributed by atoms with Crippen molar-refractivity contribution in [2.45, 2.75) is 43.8 Å². The third-order valence-electron chi connectivity index (χ3n) is 3.67. The van der Waals surface area contributed by atoms with Gasteiger partial charge in [-0.1, -0.05) is 0 Å². The topological polar surface area (TPSA) is 37.0 Å². The van der Waals surface area contributed by atoms with Crippen LogP contribution in [0.1, 0.15) is 31.3 Å². The lowest BCUT2D eigenvalue weighted by molar-refractivity contribution is 0.151.